The normalized spacial score (nSPS) is 15.1. The molecule has 0 radical (unpaired) electrons. The zero-order valence-corrected chi connectivity index (χ0v) is 18.8. The van der Waals surface area contributed by atoms with E-state index in [0.717, 1.165) is 34.8 Å². The molecule has 0 spiro atoms. The van der Waals surface area contributed by atoms with E-state index in [9.17, 15) is 10.1 Å². The first-order valence-corrected chi connectivity index (χ1v) is 11.6. The lowest BCUT2D eigenvalue weighted by atomic mass is 9.98. The molecule has 3 aromatic rings. The minimum atomic E-state index is -0.786. The van der Waals surface area contributed by atoms with Gasteiger partial charge in [-0.2, -0.15) is 5.26 Å². The molecule has 1 unspecified atom stereocenters. The minimum Gasteiger partial charge on any atom is -0.337 e. The smallest absolute Gasteiger partial charge is 0.231 e. The van der Waals surface area contributed by atoms with E-state index in [1.165, 1.54) is 11.8 Å². The summed E-state index contributed by atoms with van der Waals surface area (Å²) in [6, 6.07) is 20.1. The van der Waals surface area contributed by atoms with Gasteiger partial charge in [-0.3, -0.25) is 4.79 Å². The highest BCUT2D eigenvalue weighted by Gasteiger charge is 2.42. The van der Waals surface area contributed by atoms with E-state index >= 15 is 0 Å². The number of thioether (sulfide) groups is 1. The molecule has 1 amide bonds. The first kappa shape index (κ1) is 21.5. The maximum Gasteiger partial charge on any atom is 0.231 e. The summed E-state index contributed by atoms with van der Waals surface area (Å²) in [6.07, 6.45) is 3.81. The Morgan fingerprint density at radius 3 is 2.61 bits per heavy atom. The second-order valence-electron chi connectivity index (χ2n) is 7.93. The van der Waals surface area contributed by atoms with Crippen LogP contribution in [0.2, 0.25) is 5.02 Å². The first-order valence-electron chi connectivity index (χ1n) is 10.2. The van der Waals surface area contributed by atoms with Crippen LogP contribution in [0.15, 0.2) is 66.0 Å². The molecule has 158 valence electrons. The standard InChI is InChI=1S/C24H23ClN4OS/c1-24(16-26,19-9-10-19)28-22(30)15-31-23-27-13-21(18-7-11-20(25)12-8-18)29(23)14-17-5-3-2-4-6-17/h2-8,11-13,19H,9-10,14-15H2,1H3,(H,28,30). The molecule has 7 heteroatoms. The molecule has 1 atom stereocenters. The third kappa shape index (κ3) is 5.12. The van der Waals surface area contributed by atoms with Crippen molar-refractivity contribution in [3.05, 3.63) is 71.4 Å². The van der Waals surface area contributed by atoms with E-state index < -0.39 is 5.54 Å². The average Bonchev–Trinajstić information content (AvgIpc) is 3.57. The number of nitrogens with zero attached hydrogens (tertiary/aromatic N) is 3. The van der Waals surface area contributed by atoms with E-state index in [4.69, 9.17) is 11.6 Å². The number of hydrogen-bond donors (Lipinski definition) is 1. The molecular weight excluding hydrogens is 428 g/mol. The van der Waals surface area contributed by atoms with Gasteiger partial charge in [0.15, 0.2) is 5.16 Å². The number of nitrogens with one attached hydrogen (secondary N) is 1. The maximum absolute atomic E-state index is 12.6. The molecule has 1 heterocycles. The van der Waals surface area contributed by atoms with Crippen LogP contribution in [0.5, 0.6) is 0 Å². The van der Waals surface area contributed by atoms with Gasteiger partial charge in [0.05, 0.1) is 30.3 Å². The molecule has 0 aliphatic heterocycles. The van der Waals surface area contributed by atoms with Crippen molar-refractivity contribution in [1.82, 2.24) is 14.9 Å². The highest BCUT2D eigenvalue weighted by molar-refractivity contribution is 7.99. The van der Waals surface area contributed by atoms with Gasteiger partial charge >= 0.3 is 0 Å². The van der Waals surface area contributed by atoms with Crippen LogP contribution >= 0.6 is 23.4 Å². The summed E-state index contributed by atoms with van der Waals surface area (Å²) in [4.78, 5) is 17.2. The molecule has 0 saturated heterocycles. The molecule has 1 aliphatic rings. The fourth-order valence-corrected chi connectivity index (χ4v) is 4.49. The summed E-state index contributed by atoms with van der Waals surface area (Å²) in [6.45, 7) is 2.45. The van der Waals surface area contributed by atoms with Crippen LogP contribution in [0.4, 0.5) is 0 Å². The fraction of sp³-hybridized carbons (Fsp3) is 0.292. The Balaban J connectivity index is 1.54. The van der Waals surface area contributed by atoms with Crippen molar-refractivity contribution >= 4 is 29.3 Å². The molecule has 5 nitrogen and oxygen atoms in total. The summed E-state index contributed by atoms with van der Waals surface area (Å²) in [5.74, 6) is 0.307. The van der Waals surface area contributed by atoms with Crippen LogP contribution in [-0.4, -0.2) is 26.8 Å². The number of carbonyl (C=O) groups excluding carboxylic acids is 1. The monoisotopic (exact) mass is 450 g/mol. The number of nitriles is 1. The van der Waals surface area contributed by atoms with Crippen molar-refractivity contribution in [2.75, 3.05) is 5.75 Å². The Kier molecular flexibility index (Phi) is 6.35. The summed E-state index contributed by atoms with van der Waals surface area (Å²) in [5, 5.41) is 13.8. The number of aromatic nitrogens is 2. The Labute approximate surface area is 191 Å². The number of carbonyl (C=O) groups is 1. The number of hydrogen-bond acceptors (Lipinski definition) is 4. The summed E-state index contributed by atoms with van der Waals surface area (Å²) < 4.78 is 2.11. The van der Waals surface area contributed by atoms with Gasteiger partial charge in [-0.15, -0.1) is 0 Å². The van der Waals surface area contributed by atoms with Gasteiger partial charge < -0.3 is 9.88 Å². The second-order valence-corrected chi connectivity index (χ2v) is 9.31. The Morgan fingerprint density at radius 1 is 1.26 bits per heavy atom. The van der Waals surface area contributed by atoms with Crippen molar-refractivity contribution in [3.63, 3.8) is 0 Å². The van der Waals surface area contributed by atoms with Gasteiger partial charge in [-0.1, -0.05) is 65.8 Å². The van der Waals surface area contributed by atoms with Gasteiger partial charge in [-0.25, -0.2) is 4.98 Å². The molecular formula is C24H23ClN4OS. The predicted molar refractivity (Wildman–Crippen MR) is 124 cm³/mol. The quantitative estimate of drug-likeness (QED) is 0.481. The van der Waals surface area contributed by atoms with Crippen LogP contribution in [0, 0.1) is 17.2 Å². The van der Waals surface area contributed by atoms with Crippen molar-refractivity contribution in [1.29, 1.82) is 5.26 Å². The Hall–Kier alpha value is -2.75. The highest BCUT2D eigenvalue weighted by atomic mass is 35.5. The van der Waals surface area contributed by atoms with Crippen molar-refractivity contribution < 1.29 is 4.79 Å². The third-order valence-corrected chi connectivity index (χ3v) is 6.74. The molecule has 31 heavy (non-hydrogen) atoms. The van der Waals surface area contributed by atoms with Crippen molar-refractivity contribution in [3.8, 4) is 17.3 Å². The van der Waals surface area contributed by atoms with E-state index in [1.54, 1.807) is 0 Å². The van der Waals surface area contributed by atoms with E-state index in [-0.39, 0.29) is 17.6 Å². The Bertz CT molecular complexity index is 1100. The van der Waals surface area contributed by atoms with Gasteiger partial charge in [-0.05, 0) is 48.9 Å². The summed E-state index contributed by atoms with van der Waals surface area (Å²) in [5.41, 5.74) is 2.33. The Morgan fingerprint density at radius 2 is 1.97 bits per heavy atom. The fourth-order valence-electron chi connectivity index (χ4n) is 3.58. The number of amides is 1. The van der Waals surface area contributed by atoms with Gasteiger partial charge in [0, 0.05) is 5.02 Å². The van der Waals surface area contributed by atoms with E-state index in [0.29, 0.717) is 11.6 Å². The van der Waals surface area contributed by atoms with Crippen LogP contribution in [0.3, 0.4) is 0 Å². The molecule has 1 fully saturated rings. The molecule has 1 aromatic heterocycles. The van der Waals surface area contributed by atoms with E-state index in [2.05, 4.69) is 33.1 Å². The molecule has 1 aliphatic carbocycles. The number of rotatable bonds is 8. The zero-order chi connectivity index (χ0) is 21.8. The number of benzene rings is 2. The van der Waals surface area contributed by atoms with Gasteiger partial charge in [0.1, 0.15) is 5.54 Å². The van der Waals surface area contributed by atoms with E-state index in [1.807, 2.05) is 55.6 Å². The molecule has 0 bridgehead atoms. The topological polar surface area (TPSA) is 70.7 Å². The largest absolute Gasteiger partial charge is 0.337 e. The second kappa shape index (κ2) is 9.17. The average molecular weight is 451 g/mol. The summed E-state index contributed by atoms with van der Waals surface area (Å²) in [7, 11) is 0. The molecule has 4 rings (SSSR count). The molecule has 2 aromatic carbocycles. The van der Waals surface area contributed by atoms with Crippen molar-refractivity contribution in [2.24, 2.45) is 5.92 Å². The van der Waals surface area contributed by atoms with Gasteiger partial charge in [0.25, 0.3) is 0 Å². The molecule has 1 N–H and O–H groups in total. The lowest BCUT2D eigenvalue weighted by Gasteiger charge is -2.22. The van der Waals surface area contributed by atoms with Gasteiger partial charge in [0.2, 0.25) is 5.91 Å². The zero-order valence-electron chi connectivity index (χ0n) is 17.2. The first-order chi connectivity index (χ1) is 15.0. The van der Waals surface area contributed by atoms with Crippen LogP contribution in [0.25, 0.3) is 11.3 Å². The lowest BCUT2D eigenvalue weighted by molar-refractivity contribution is -0.119. The SMILES string of the molecule is CC(C#N)(NC(=O)CSc1ncc(-c2ccc(Cl)cc2)n1Cc1ccccc1)C1CC1. The molecule has 1 saturated carbocycles. The number of halogens is 1. The van der Waals surface area contributed by atoms with Crippen LogP contribution in [0.1, 0.15) is 25.3 Å². The van der Waals surface area contributed by atoms with Crippen LogP contribution in [-0.2, 0) is 11.3 Å². The highest BCUT2D eigenvalue weighted by Crippen LogP contribution is 2.39. The van der Waals surface area contributed by atoms with Crippen molar-refractivity contribution in [2.45, 2.75) is 37.0 Å². The minimum absolute atomic E-state index is 0.150. The van der Waals surface area contributed by atoms with Crippen LogP contribution < -0.4 is 5.32 Å². The predicted octanol–water partition coefficient (Wildman–Crippen LogP) is 5.15. The summed E-state index contributed by atoms with van der Waals surface area (Å²) >= 11 is 7.44. The number of imidazole rings is 1. The third-order valence-electron chi connectivity index (χ3n) is 5.50. The maximum atomic E-state index is 12.6. The lowest BCUT2D eigenvalue weighted by Crippen LogP contribution is -2.47.